The summed E-state index contributed by atoms with van der Waals surface area (Å²) in [4.78, 5) is 3.97. The minimum absolute atomic E-state index is 0.369. The monoisotopic (exact) mass is 204 g/mol. The van der Waals surface area contributed by atoms with Gasteiger partial charge in [0.15, 0.2) is 0 Å². The lowest BCUT2D eigenvalue weighted by atomic mass is 10.1. The van der Waals surface area contributed by atoms with E-state index in [1.165, 1.54) is 0 Å². The molecule has 0 spiro atoms. The molecule has 15 heavy (non-hydrogen) atoms. The second kappa shape index (κ2) is 5.23. The van der Waals surface area contributed by atoms with Crippen LogP contribution < -0.4 is 16.8 Å². The molecule has 1 heterocycles. The molecule has 0 aliphatic rings. The van der Waals surface area contributed by atoms with Gasteiger partial charge in [0.05, 0.1) is 5.69 Å². The van der Waals surface area contributed by atoms with Crippen LogP contribution in [0.15, 0.2) is 6.20 Å². The average molecular weight is 204 g/mol. The smallest absolute Gasteiger partial charge is 0.146 e. The molecule has 0 saturated carbocycles. The molecular weight excluding hydrogens is 188 g/mol. The van der Waals surface area contributed by atoms with Crippen molar-refractivity contribution in [3.05, 3.63) is 17.3 Å². The minimum Gasteiger partial charge on any atom is -0.395 e. The van der Waals surface area contributed by atoms with Gasteiger partial charge >= 0.3 is 0 Å². The summed E-state index contributed by atoms with van der Waals surface area (Å²) in [5, 5.41) is 3.03. The van der Waals surface area contributed by atoms with E-state index in [-0.39, 0.29) is 0 Å². The molecule has 80 valence electrons. The fourth-order valence-electron chi connectivity index (χ4n) is 1.11. The number of aromatic nitrogens is 1. The van der Waals surface area contributed by atoms with Crippen LogP contribution in [-0.4, -0.2) is 18.6 Å². The second-order valence-corrected chi connectivity index (χ2v) is 3.25. The van der Waals surface area contributed by atoms with Gasteiger partial charge in [-0.15, -0.1) is 0 Å². The van der Waals surface area contributed by atoms with Crippen molar-refractivity contribution in [2.24, 2.45) is 0 Å². The topological polar surface area (TPSA) is 77.0 Å². The van der Waals surface area contributed by atoms with Gasteiger partial charge in [-0.25, -0.2) is 4.98 Å². The lowest BCUT2D eigenvalue weighted by Gasteiger charge is -2.04. The van der Waals surface area contributed by atoms with Gasteiger partial charge in [0, 0.05) is 24.7 Å². The molecule has 0 atom stereocenters. The van der Waals surface area contributed by atoms with Gasteiger partial charge in [0.1, 0.15) is 5.82 Å². The summed E-state index contributed by atoms with van der Waals surface area (Å²) < 4.78 is 0. The van der Waals surface area contributed by atoms with E-state index in [9.17, 15) is 0 Å². The van der Waals surface area contributed by atoms with E-state index in [1.54, 1.807) is 6.20 Å². The van der Waals surface area contributed by atoms with Crippen LogP contribution >= 0.6 is 0 Å². The standard InChI is InChI=1S/C11H16N4/c1-8-9(5-3-4-6-14-2)7-15-11(13)10(8)12/h7,14H,4,6,12H2,1-2H3,(H2,13,15). The van der Waals surface area contributed by atoms with Crippen molar-refractivity contribution >= 4 is 11.5 Å². The van der Waals surface area contributed by atoms with E-state index in [0.717, 1.165) is 24.1 Å². The van der Waals surface area contributed by atoms with E-state index < -0.39 is 0 Å². The van der Waals surface area contributed by atoms with Gasteiger partial charge < -0.3 is 16.8 Å². The van der Waals surface area contributed by atoms with E-state index >= 15 is 0 Å². The maximum atomic E-state index is 5.75. The van der Waals surface area contributed by atoms with Gasteiger partial charge in [-0.3, -0.25) is 0 Å². The van der Waals surface area contributed by atoms with Gasteiger partial charge in [-0.05, 0) is 19.5 Å². The molecule has 0 aliphatic heterocycles. The third kappa shape index (κ3) is 2.86. The number of pyridine rings is 1. The minimum atomic E-state index is 0.369. The Hall–Kier alpha value is -1.73. The Morgan fingerprint density at radius 3 is 2.87 bits per heavy atom. The molecular formula is C11H16N4. The highest BCUT2D eigenvalue weighted by Gasteiger charge is 2.03. The van der Waals surface area contributed by atoms with Crippen molar-refractivity contribution in [3.63, 3.8) is 0 Å². The van der Waals surface area contributed by atoms with Crippen molar-refractivity contribution in [2.75, 3.05) is 25.1 Å². The molecule has 4 heteroatoms. The number of anilines is 2. The van der Waals surface area contributed by atoms with Crippen molar-refractivity contribution in [2.45, 2.75) is 13.3 Å². The highest BCUT2D eigenvalue weighted by Crippen LogP contribution is 2.19. The lowest BCUT2D eigenvalue weighted by molar-refractivity contribution is 0.818. The summed E-state index contributed by atoms with van der Waals surface area (Å²) in [6.07, 6.45) is 2.47. The second-order valence-electron chi connectivity index (χ2n) is 3.25. The van der Waals surface area contributed by atoms with Gasteiger partial charge in [-0.1, -0.05) is 11.8 Å². The van der Waals surface area contributed by atoms with Crippen LogP contribution in [0.25, 0.3) is 0 Å². The van der Waals surface area contributed by atoms with E-state index in [4.69, 9.17) is 11.5 Å². The maximum absolute atomic E-state index is 5.75. The third-order valence-corrected chi connectivity index (χ3v) is 2.14. The Balaban J connectivity index is 2.85. The van der Waals surface area contributed by atoms with Crippen LogP contribution in [0, 0.1) is 18.8 Å². The van der Waals surface area contributed by atoms with Crippen molar-refractivity contribution < 1.29 is 0 Å². The molecule has 0 aliphatic carbocycles. The summed E-state index contributed by atoms with van der Waals surface area (Å²) in [6, 6.07) is 0. The molecule has 4 nitrogen and oxygen atoms in total. The first kappa shape index (κ1) is 11.3. The van der Waals surface area contributed by atoms with E-state index in [0.29, 0.717) is 11.5 Å². The van der Waals surface area contributed by atoms with Crippen molar-refractivity contribution in [1.82, 2.24) is 10.3 Å². The first-order valence-electron chi connectivity index (χ1n) is 4.80. The molecule has 1 aromatic rings. The van der Waals surface area contributed by atoms with Crippen LogP contribution in [0.3, 0.4) is 0 Å². The highest BCUT2D eigenvalue weighted by molar-refractivity contribution is 5.66. The van der Waals surface area contributed by atoms with Gasteiger partial charge in [0.2, 0.25) is 0 Å². The first-order valence-corrected chi connectivity index (χ1v) is 4.80. The summed E-state index contributed by atoms with van der Waals surface area (Å²) in [5.74, 6) is 6.44. The molecule has 0 bridgehead atoms. The summed E-state index contributed by atoms with van der Waals surface area (Å²) >= 11 is 0. The summed E-state index contributed by atoms with van der Waals surface area (Å²) in [7, 11) is 1.90. The zero-order chi connectivity index (χ0) is 11.3. The van der Waals surface area contributed by atoms with Crippen LogP contribution in [0.5, 0.6) is 0 Å². The quantitative estimate of drug-likeness (QED) is 0.485. The van der Waals surface area contributed by atoms with E-state index in [1.807, 2.05) is 14.0 Å². The van der Waals surface area contributed by atoms with Crippen molar-refractivity contribution in [1.29, 1.82) is 0 Å². The Morgan fingerprint density at radius 1 is 1.47 bits per heavy atom. The molecule has 1 rings (SSSR count). The molecule has 1 aromatic heterocycles. The zero-order valence-corrected chi connectivity index (χ0v) is 9.09. The molecule has 0 saturated heterocycles. The number of rotatable bonds is 2. The average Bonchev–Trinajstić information content (AvgIpc) is 2.24. The Morgan fingerprint density at radius 2 is 2.20 bits per heavy atom. The molecule has 0 amide bonds. The number of nitrogens with zero attached hydrogens (tertiary/aromatic N) is 1. The molecule has 0 radical (unpaired) electrons. The lowest BCUT2D eigenvalue weighted by Crippen LogP contribution is -2.06. The number of hydrogen-bond donors (Lipinski definition) is 3. The molecule has 0 aromatic carbocycles. The van der Waals surface area contributed by atoms with Crippen LogP contribution in [0.2, 0.25) is 0 Å². The Labute approximate surface area is 90.1 Å². The van der Waals surface area contributed by atoms with Crippen LogP contribution in [-0.2, 0) is 0 Å². The molecule has 5 N–H and O–H groups in total. The normalized spacial score (nSPS) is 9.47. The Bertz CT molecular complexity index is 401. The predicted octanol–water partition coefficient (Wildman–Crippen LogP) is 0.515. The summed E-state index contributed by atoms with van der Waals surface area (Å²) in [5.41, 5.74) is 13.6. The first-order chi connectivity index (χ1) is 7.16. The maximum Gasteiger partial charge on any atom is 0.146 e. The molecule has 0 unspecified atom stereocenters. The number of nitrogens with one attached hydrogen (secondary N) is 1. The SMILES string of the molecule is CNCCC#Cc1cnc(N)c(N)c1C. The Kier molecular flexibility index (Phi) is 3.95. The number of nitrogens with two attached hydrogens (primary N) is 2. The van der Waals surface area contributed by atoms with Crippen molar-refractivity contribution in [3.8, 4) is 11.8 Å². The van der Waals surface area contributed by atoms with Gasteiger partial charge in [0.25, 0.3) is 0 Å². The molecule has 0 fully saturated rings. The number of hydrogen-bond acceptors (Lipinski definition) is 4. The fourth-order valence-corrected chi connectivity index (χ4v) is 1.11. The number of nitrogen functional groups attached to an aromatic ring is 2. The largest absolute Gasteiger partial charge is 0.395 e. The van der Waals surface area contributed by atoms with Crippen LogP contribution in [0.1, 0.15) is 17.5 Å². The highest BCUT2D eigenvalue weighted by atomic mass is 14.9. The predicted molar refractivity (Wildman–Crippen MR) is 63.2 cm³/mol. The summed E-state index contributed by atoms with van der Waals surface area (Å²) in [6.45, 7) is 2.78. The van der Waals surface area contributed by atoms with Gasteiger partial charge in [-0.2, -0.15) is 0 Å². The fraction of sp³-hybridized carbons (Fsp3) is 0.364. The van der Waals surface area contributed by atoms with E-state index in [2.05, 4.69) is 22.1 Å². The zero-order valence-electron chi connectivity index (χ0n) is 9.09. The third-order valence-electron chi connectivity index (χ3n) is 2.14. The van der Waals surface area contributed by atoms with Crippen LogP contribution in [0.4, 0.5) is 11.5 Å².